The van der Waals surface area contributed by atoms with Gasteiger partial charge in [0.15, 0.2) is 0 Å². The molecule has 4 rings (SSSR count). The summed E-state index contributed by atoms with van der Waals surface area (Å²) in [7, 11) is 0. The number of likely N-dealkylation sites (tertiary alicyclic amines) is 1. The minimum absolute atomic E-state index is 0.712. The van der Waals surface area contributed by atoms with Gasteiger partial charge in [-0.05, 0) is 44.0 Å². The van der Waals surface area contributed by atoms with E-state index in [1.54, 1.807) is 6.33 Å². The SMILES string of the molecule is C[C@@H]1CCCN1CCc1cc2ccc(-c3cncnc3)cc2o1. The van der Waals surface area contributed by atoms with Crippen LogP contribution in [0.1, 0.15) is 25.5 Å². The Bertz CT molecular complexity index is 797. The summed E-state index contributed by atoms with van der Waals surface area (Å²) in [5.41, 5.74) is 3.04. The molecule has 1 aromatic carbocycles. The minimum atomic E-state index is 0.712. The van der Waals surface area contributed by atoms with Crippen LogP contribution in [0.3, 0.4) is 0 Å². The molecule has 0 N–H and O–H groups in total. The Morgan fingerprint density at radius 1 is 1.17 bits per heavy atom. The van der Waals surface area contributed by atoms with Crippen molar-refractivity contribution in [1.82, 2.24) is 14.9 Å². The molecular weight excluding hydrogens is 286 g/mol. The molecule has 0 aliphatic carbocycles. The molecule has 1 aliphatic rings. The zero-order valence-electron chi connectivity index (χ0n) is 13.4. The van der Waals surface area contributed by atoms with Crippen LogP contribution in [0, 0.1) is 0 Å². The first-order chi connectivity index (χ1) is 11.3. The van der Waals surface area contributed by atoms with E-state index in [0.717, 1.165) is 40.8 Å². The van der Waals surface area contributed by atoms with E-state index in [0.29, 0.717) is 6.04 Å². The summed E-state index contributed by atoms with van der Waals surface area (Å²) in [6.45, 7) is 4.62. The number of nitrogens with zero attached hydrogens (tertiary/aromatic N) is 3. The lowest BCUT2D eigenvalue weighted by Gasteiger charge is -2.19. The Labute approximate surface area is 136 Å². The van der Waals surface area contributed by atoms with Crippen molar-refractivity contribution in [3.8, 4) is 11.1 Å². The fraction of sp³-hybridized carbons (Fsp3) is 0.368. The standard InChI is InChI=1S/C19H21N3O/c1-14-3-2-7-22(14)8-6-18-9-16-5-4-15(10-19(16)23-18)17-11-20-13-21-12-17/h4-5,9-14H,2-3,6-8H2,1H3/t14-/m1/s1. The van der Waals surface area contributed by atoms with Crippen molar-refractivity contribution < 1.29 is 4.42 Å². The first-order valence-corrected chi connectivity index (χ1v) is 8.31. The zero-order valence-corrected chi connectivity index (χ0v) is 13.4. The van der Waals surface area contributed by atoms with Crippen molar-refractivity contribution in [2.45, 2.75) is 32.2 Å². The summed E-state index contributed by atoms with van der Waals surface area (Å²) in [4.78, 5) is 10.7. The highest BCUT2D eigenvalue weighted by atomic mass is 16.3. The van der Waals surface area contributed by atoms with Gasteiger partial charge in [0.1, 0.15) is 17.7 Å². The number of fused-ring (bicyclic) bond motifs is 1. The highest BCUT2D eigenvalue weighted by Crippen LogP contribution is 2.26. The van der Waals surface area contributed by atoms with Gasteiger partial charge in [-0.15, -0.1) is 0 Å². The maximum Gasteiger partial charge on any atom is 0.134 e. The molecule has 3 aromatic rings. The Morgan fingerprint density at radius 3 is 2.83 bits per heavy atom. The smallest absolute Gasteiger partial charge is 0.134 e. The number of aromatic nitrogens is 2. The van der Waals surface area contributed by atoms with Crippen LogP contribution in [-0.4, -0.2) is 34.0 Å². The van der Waals surface area contributed by atoms with Gasteiger partial charge in [-0.3, -0.25) is 0 Å². The third-order valence-electron chi connectivity index (χ3n) is 4.80. The Hall–Kier alpha value is -2.20. The zero-order chi connectivity index (χ0) is 15.6. The fourth-order valence-corrected chi connectivity index (χ4v) is 3.42. The monoisotopic (exact) mass is 307 g/mol. The van der Waals surface area contributed by atoms with Crippen molar-refractivity contribution in [2.75, 3.05) is 13.1 Å². The van der Waals surface area contributed by atoms with Crippen LogP contribution in [0.2, 0.25) is 0 Å². The summed E-state index contributed by atoms with van der Waals surface area (Å²) in [6.07, 6.45) is 8.82. The molecule has 3 heterocycles. The molecule has 2 aromatic heterocycles. The molecule has 1 atom stereocenters. The van der Waals surface area contributed by atoms with Gasteiger partial charge in [-0.2, -0.15) is 0 Å². The van der Waals surface area contributed by atoms with Crippen LogP contribution in [0.4, 0.5) is 0 Å². The van der Waals surface area contributed by atoms with Gasteiger partial charge in [-0.1, -0.05) is 12.1 Å². The third-order valence-corrected chi connectivity index (χ3v) is 4.80. The molecule has 118 valence electrons. The highest BCUT2D eigenvalue weighted by Gasteiger charge is 2.20. The molecule has 1 aliphatic heterocycles. The fourth-order valence-electron chi connectivity index (χ4n) is 3.42. The minimum Gasteiger partial charge on any atom is -0.461 e. The topological polar surface area (TPSA) is 42.2 Å². The van der Waals surface area contributed by atoms with Crippen LogP contribution >= 0.6 is 0 Å². The van der Waals surface area contributed by atoms with Crippen molar-refractivity contribution in [1.29, 1.82) is 0 Å². The van der Waals surface area contributed by atoms with E-state index < -0.39 is 0 Å². The molecule has 0 spiro atoms. The van der Waals surface area contributed by atoms with Gasteiger partial charge < -0.3 is 9.32 Å². The second-order valence-corrected chi connectivity index (χ2v) is 6.37. The number of furan rings is 1. The Kier molecular flexibility index (Phi) is 3.83. The Balaban J connectivity index is 1.54. The average molecular weight is 307 g/mol. The number of benzene rings is 1. The second kappa shape index (κ2) is 6.13. The molecule has 0 saturated carbocycles. The van der Waals surface area contributed by atoms with Crippen LogP contribution in [0.5, 0.6) is 0 Å². The second-order valence-electron chi connectivity index (χ2n) is 6.37. The molecule has 23 heavy (non-hydrogen) atoms. The van der Waals surface area contributed by atoms with E-state index in [4.69, 9.17) is 4.42 Å². The first kappa shape index (κ1) is 14.4. The lowest BCUT2D eigenvalue weighted by Crippen LogP contribution is -2.28. The molecule has 1 saturated heterocycles. The van der Waals surface area contributed by atoms with Crippen LogP contribution in [-0.2, 0) is 6.42 Å². The average Bonchev–Trinajstić information content (AvgIpc) is 3.18. The predicted octanol–water partition coefficient (Wildman–Crippen LogP) is 3.92. The van der Waals surface area contributed by atoms with E-state index >= 15 is 0 Å². The van der Waals surface area contributed by atoms with Crippen LogP contribution < -0.4 is 0 Å². The maximum absolute atomic E-state index is 6.06. The first-order valence-electron chi connectivity index (χ1n) is 8.31. The molecule has 0 radical (unpaired) electrons. The maximum atomic E-state index is 6.06. The van der Waals surface area contributed by atoms with Gasteiger partial charge in [0, 0.05) is 42.4 Å². The molecule has 0 amide bonds. The molecule has 4 nitrogen and oxygen atoms in total. The number of hydrogen-bond donors (Lipinski definition) is 0. The van der Waals surface area contributed by atoms with E-state index in [9.17, 15) is 0 Å². The normalized spacial score (nSPS) is 18.7. The van der Waals surface area contributed by atoms with Crippen molar-refractivity contribution >= 4 is 11.0 Å². The molecule has 4 heteroatoms. The van der Waals surface area contributed by atoms with E-state index in [2.05, 4.69) is 46.1 Å². The van der Waals surface area contributed by atoms with E-state index in [1.807, 2.05) is 12.4 Å². The van der Waals surface area contributed by atoms with E-state index in [-0.39, 0.29) is 0 Å². The lowest BCUT2D eigenvalue weighted by molar-refractivity contribution is 0.266. The van der Waals surface area contributed by atoms with Gasteiger partial charge in [0.25, 0.3) is 0 Å². The van der Waals surface area contributed by atoms with Crippen molar-refractivity contribution in [3.63, 3.8) is 0 Å². The van der Waals surface area contributed by atoms with Crippen molar-refractivity contribution in [2.24, 2.45) is 0 Å². The quantitative estimate of drug-likeness (QED) is 0.732. The molecule has 1 fully saturated rings. The van der Waals surface area contributed by atoms with Crippen LogP contribution in [0.25, 0.3) is 22.1 Å². The summed E-state index contributed by atoms with van der Waals surface area (Å²) in [6, 6.07) is 9.17. The van der Waals surface area contributed by atoms with Gasteiger partial charge in [0.05, 0.1) is 0 Å². The highest BCUT2D eigenvalue weighted by molar-refractivity contribution is 5.83. The molecule has 0 bridgehead atoms. The largest absolute Gasteiger partial charge is 0.461 e. The van der Waals surface area contributed by atoms with Gasteiger partial charge in [0.2, 0.25) is 0 Å². The lowest BCUT2D eigenvalue weighted by atomic mass is 10.1. The Morgan fingerprint density at radius 2 is 2.04 bits per heavy atom. The third kappa shape index (κ3) is 2.99. The number of hydrogen-bond acceptors (Lipinski definition) is 4. The summed E-state index contributed by atoms with van der Waals surface area (Å²) in [5.74, 6) is 1.07. The van der Waals surface area contributed by atoms with Crippen molar-refractivity contribution in [3.05, 3.63) is 48.7 Å². The molecular formula is C19H21N3O. The van der Waals surface area contributed by atoms with Crippen LogP contribution in [0.15, 0.2) is 47.4 Å². The van der Waals surface area contributed by atoms with E-state index in [1.165, 1.54) is 19.4 Å². The summed E-state index contributed by atoms with van der Waals surface area (Å²) < 4.78 is 6.06. The molecule has 0 unspecified atom stereocenters. The van der Waals surface area contributed by atoms with Gasteiger partial charge >= 0.3 is 0 Å². The summed E-state index contributed by atoms with van der Waals surface area (Å²) >= 11 is 0. The predicted molar refractivity (Wildman–Crippen MR) is 91.2 cm³/mol. The van der Waals surface area contributed by atoms with Gasteiger partial charge in [-0.25, -0.2) is 9.97 Å². The number of rotatable bonds is 4. The summed E-state index contributed by atoms with van der Waals surface area (Å²) in [5, 5.41) is 1.16.